The van der Waals surface area contributed by atoms with Gasteiger partial charge in [0.25, 0.3) is 0 Å². The van der Waals surface area contributed by atoms with Gasteiger partial charge in [-0.05, 0) is 23.8 Å². The maximum atomic E-state index is 11.4. The van der Waals surface area contributed by atoms with Crippen LogP contribution in [0.25, 0.3) is 11.3 Å². The van der Waals surface area contributed by atoms with E-state index in [4.69, 9.17) is 0 Å². The van der Waals surface area contributed by atoms with Gasteiger partial charge < -0.3 is 5.11 Å². The van der Waals surface area contributed by atoms with Crippen molar-refractivity contribution in [1.82, 2.24) is 9.78 Å². The highest BCUT2D eigenvalue weighted by atomic mass is 79.9. The number of hydrogen-bond donors (Lipinski definition) is 1. The first-order chi connectivity index (χ1) is 10.6. The molecule has 0 unspecified atom stereocenters. The number of rotatable bonds is 4. The van der Waals surface area contributed by atoms with Crippen molar-refractivity contribution in [3.63, 3.8) is 0 Å². The zero-order chi connectivity index (χ0) is 15.5. The highest BCUT2D eigenvalue weighted by Gasteiger charge is 2.15. The summed E-state index contributed by atoms with van der Waals surface area (Å²) in [5.74, 6) is -0.980. The van der Waals surface area contributed by atoms with Crippen molar-refractivity contribution in [1.29, 1.82) is 0 Å². The molecule has 0 aliphatic carbocycles. The van der Waals surface area contributed by atoms with Gasteiger partial charge in [-0.15, -0.1) is 0 Å². The number of aromatic carboxylic acids is 1. The van der Waals surface area contributed by atoms with Crippen LogP contribution in [0.1, 0.15) is 16.1 Å². The zero-order valence-electron chi connectivity index (χ0n) is 11.6. The summed E-state index contributed by atoms with van der Waals surface area (Å²) in [7, 11) is 0. The lowest BCUT2D eigenvalue weighted by molar-refractivity contribution is 0.0684. The number of benzene rings is 2. The van der Waals surface area contributed by atoms with Crippen LogP contribution >= 0.6 is 15.9 Å². The molecule has 4 nitrogen and oxygen atoms in total. The van der Waals surface area contributed by atoms with Crippen LogP contribution in [-0.2, 0) is 6.54 Å². The van der Waals surface area contributed by atoms with E-state index in [2.05, 4.69) is 21.0 Å². The molecule has 0 radical (unpaired) electrons. The first-order valence-corrected chi connectivity index (χ1v) is 7.54. The first kappa shape index (κ1) is 14.5. The number of carboxylic acid groups (broad SMARTS) is 1. The van der Waals surface area contributed by atoms with Gasteiger partial charge in [-0.3, -0.25) is 4.68 Å². The number of aromatic nitrogens is 2. The minimum absolute atomic E-state index is 0.182. The van der Waals surface area contributed by atoms with E-state index in [9.17, 15) is 9.90 Å². The molecule has 3 aromatic rings. The second-order valence-electron chi connectivity index (χ2n) is 4.87. The van der Waals surface area contributed by atoms with E-state index < -0.39 is 5.97 Å². The summed E-state index contributed by atoms with van der Waals surface area (Å²) in [6.45, 7) is 0.430. The van der Waals surface area contributed by atoms with E-state index in [1.165, 1.54) is 4.68 Å². The molecule has 0 atom stereocenters. The molecule has 0 spiro atoms. The molecule has 2 aromatic carbocycles. The van der Waals surface area contributed by atoms with Crippen LogP contribution in [0, 0.1) is 0 Å². The second kappa shape index (κ2) is 6.15. The fraction of sp³-hybridized carbons (Fsp3) is 0.0588. The van der Waals surface area contributed by atoms with Crippen LogP contribution in [0.2, 0.25) is 0 Å². The van der Waals surface area contributed by atoms with Crippen molar-refractivity contribution in [2.24, 2.45) is 0 Å². The molecule has 110 valence electrons. The molecular formula is C17H13BrN2O2. The van der Waals surface area contributed by atoms with Crippen molar-refractivity contribution in [3.05, 3.63) is 76.4 Å². The SMILES string of the molecule is O=C(O)c1cc(-c2ccc(Br)cc2)nn1Cc1ccccc1. The molecule has 1 N–H and O–H groups in total. The number of carbonyl (C=O) groups is 1. The molecule has 3 rings (SSSR count). The van der Waals surface area contributed by atoms with Gasteiger partial charge in [0.2, 0.25) is 0 Å². The molecular weight excluding hydrogens is 344 g/mol. The molecule has 5 heteroatoms. The van der Waals surface area contributed by atoms with Crippen LogP contribution < -0.4 is 0 Å². The van der Waals surface area contributed by atoms with E-state index in [0.29, 0.717) is 12.2 Å². The summed E-state index contributed by atoms with van der Waals surface area (Å²) in [6.07, 6.45) is 0. The van der Waals surface area contributed by atoms with Crippen LogP contribution in [0.3, 0.4) is 0 Å². The summed E-state index contributed by atoms with van der Waals surface area (Å²) in [6, 6.07) is 18.9. The normalized spacial score (nSPS) is 10.6. The largest absolute Gasteiger partial charge is 0.477 e. The third kappa shape index (κ3) is 3.09. The van der Waals surface area contributed by atoms with Crippen molar-refractivity contribution < 1.29 is 9.90 Å². The predicted octanol–water partition coefficient (Wildman–Crippen LogP) is 4.06. The highest BCUT2D eigenvalue weighted by Crippen LogP contribution is 2.22. The van der Waals surface area contributed by atoms with E-state index in [0.717, 1.165) is 15.6 Å². The standard InChI is InChI=1S/C17H13BrN2O2/c18-14-8-6-13(7-9-14)15-10-16(17(21)22)20(19-15)11-12-4-2-1-3-5-12/h1-10H,11H2,(H,21,22). The predicted molar refractivity (Wildman–Crippen MR) is 87.9 cm³/mol. The molecule has 0 fully saturated rings. The minimum Gasteiger partial charge on any atom is -0.477 e. The molecule has 0 amide bonds. The molecule has 0 aliphatic heterocycles. The van der Waals surface area contributed by atoms with E-state index in [1.54, 1.807) is 6.07 Å². The summed E-state index contributed by atoms with van der Waals surface area (Å²) in [5.41, 5.74) is 2.73. The Labute approximate surface area is 136 Å². The van der Waals surface area contributed by atoms with E-state index in [-0.39, 0.29) is 5.69 Å². The molecule has 0 bridgehead atoms. The molecule has 0 saturated carbocycles. The van der Waals surface area contributed by atoms with Gasteiger partial charge >= 0.3 is 5.97 Å². The molecule has 1 heterocycles. The molecule has 0 saturated heterocycles. The Balaban J connectivity index is 1.99. The van der Waals surface area contributed by atoms with E-state index in [1.807, 2.05) is 54.6 Å². The van der Waals surface area contributed by atoms with Crippen molar-refractivity contribution >= 4 is 21.9 Å². The number of hydrogen-bond acceptors (Lipinski definition) is 2. The Morgan fingerprint density at radius 2 is 1.77 bits per heavy atom. The molecule has 0 aliphatic rings. The van der Waals surface area contributed by atoms with Crippen molar-refractivity contribution in [2.75, 3.05) is 0 Å². The average Bonchev–Trinajstić information content (AvgIpc) is 2.93. The summed E-state index contributed by atoms with van der Waals surface area (Å²) >= 11 is 3.39. The fourth-order valence-electron chi connectivity index (χ4n) is 2.23. The lowest BCUT2D eigenvalue weighted by Crippen LogP contribution is -2.10. The van der Waals surface area contributed by atoms with E-state index >= 15 is 0 Å². The van der Waals surface area contributed by atoms with Crippen molar-refractivity contribution in [2.45, 2.75) is 6.54 Å². The first-order valence-electron chi connectivity index (χ1n) is 6.74. The number of halogens is 1. The van der Waals surface area contributed by atoms with Crippen molar-refractivity contribution in [3.8, 4) is 11.3 Å². The molecule has 22 heavy (non-hydrogen) atoms. The van der Waals surface area contributed by atoms with Crippen LogP contribution in [0.4, 0.5) is 0 Å². The monoisotopic (exact) mass is 356 g/mol. The zero-order valence-corrected chi connectivity index (χ0v) is 13.2. The summed E-state index contributed by atoms with van der Waals surface area (Å²) in [5, 5.41) is 13.8. The maximum absolute atomic E-state index is 11.4. The van der Waals surface area contributed by atoms with Gasteiger partial charge in [0.05, 0.1) is 12.2 Å². The minimum atomic E-state index is -0.980. The Morgan fingerprint density at radius 1 is 1.09 bits per heavy atom. The average molecular weight is 357 g/mol. The van der Waals surface area contributed by atoms with Gasteiger partial charge in [0, 0.05) is 10.0 Å². The van der Waals surface area contributed by atoms with Gasteiger partial charge in [-0.25, -0.2) is 4.79 Å². The van der Waals surface area contributed by atoms with Crippen LogP contribution in [-0.4, -0.2) is 20.9 Å². The third-order valence-corrected chi connectivity index (χ3v) is 3.84. The third-order valence-electron chi connectivity index (χ3n) is 3.31. The van der Waals surface area contributed by atoms with Gasteiger partial charge in [0.1, 0.15) is 5.69 Å². The quantitative estimate of drug-likeness (QED) is 0.766. The smallest absolute Gasteiger partial charge is 0.354 e. The second-order valence-corrected chi connectivity index (χ2v) is 5.79. The van der Waals surface area contributed by atoms with Gasteiger partial charge in [-0.1, -0.05) is 58.4 Å². The van der Waals surface area contributed by atoms with Gasteiger partial charge in [0.15, 0.2) is 0 Å². The van der Waals surface area contributed by atoms with Gasteiger partial charge in [-0.2, -0.15) is 5.10 Å². The Morgan fingerprint density at radius 3 is 2.41 bits per heavy atom. The molecule has 1 aromatic heterocycles. The lowest BCUT2D eigenvalue weighted by Gasteiger charge is -2.04. The Hall–Kier alpha value is -2.40. The maximum Gasteiger partial charge on any atom is 0.354 e. The van der Waals surface area contributed by atoms with Crippen LogP contribution in [0.15, 0.2) is 65.1 Å². The summed E-state index contributed by atoms with van der Waals surface area (Å²) in [4.78, 5) is 11.4. The Kier molecular flexibility index (Phi) is 4.06. The Bertz CT molecular complexity index is 795. The van der Waals surface area contributed by atoms with Crippen LogP contribution in [0.5, 0.6) is 0 Å². The number of carboxylic acids is 1. The highest BCUT2D eigenvalue weighted by molar-refractivity contribution is 9.10. The lowest BCUT2D eigenvalue weighted by atomic mass is 10.1. The topological polar surface area (TPSA) is 55.1 Å². The summed E-state index contributed by atoms with van der Waals surface area (Å²) < 4.78 is 2.49. The number of nitrogens with zero attached hydrogens (tertiary/aromatic N) is 2. The fourth-order valence-corrected chi connectivity index (χ4v) is 2.49.